The zero-order valence-electron chi connectivity index (χ0n) is 13.5. The summed E-state index contributed by atoms with van der Waals surface area (Å²) in [6.45, 7) is 1.83. The first-order valence-electron chi connectivity index (χ1n) is 7.50. The second-order valence-corrected chi connectivity index (χ2v) is 4.95. The van der Waals surface area contributed by atoms with Gasteiger partial charge in [-0.1, -0.05) is 24.3 Å². The summed E-state index contributed by atoms with van der Waals surface area (Å²) < 4.78 is 18.4. The molecular weight excluding hydrogens is 323 g/mol. The van der Waals surface area contributed by atoms with E-state index >= 15 is 0 Å². The number of halogens is 1. The first-order valence-corrected chi connectivity index (χ1v) is 7.50. The summed E-state index contributed by atoms with van der Waals surface area (Å²) in [5.41, 5.74) is 0.874. The Morgan fingerprint density at radius 3 is 2.48 bits per heavy atom. The van der Waals surface area contributed by atoms with Crippen molar-refractivity contribution in [1.82, 2.24) is 0 Å². The molecule has 0 atom stereocenters. The van der Waals surface area contributed by atoms with Crippen molar-refractivity contribution in [3.63, 3.8) is 0 Å². The molecule has 25 heavy (non-hydrogen) atoms. The Labute approximate surface area is 144 Å². The summed E-state index contributed by atoms with van der Waals surface area (Å²) in [4.78, 5) is 23.6. The van der Waals surface area contributed by atoms with Crippen LogP contribution < -0.4 is 5.32 Å². The molecular formula is C19H15FN2O3. The van der Waals surface area contributed by atoms with Crippen molar-refractivity contribution in [2.24, 2.45) is 0 Å². The van der Waals surface area contributed by atoms with Crippen molar-refractivity contribution in [3.8, 4) is 6.07 Å². The lowest BCUT2D eigenvalue weighted by atomic mass is 10.1. The number of hydrogen-bond acceptors (Lipinski definition) is 4. The molecule has 0 fully saturated rings. The predicted molar refractivity (Wildman–Crippen MR) is 91.0 cm³/mol. The molecule has 126 valence electrons. The zero-order chi connectivity index (χ0) is 18.2. The van der Waals surface area contributed by atoms with Crippen LogP contribution in [0.25, 0.3) is 6.08 Å². The predicted octanol–water partition coefficient (Wildman–Crippen LogP) is 3.55. The molecule has 0 aliphatic heterocycles. The Bertz CT molecular complexity index is 852. The number of benzene rings is 2. The molecule has 0 saturated heterocycles. The van der Waals surface area contributed by atoms with Crippen LogP contribution in [0.15, 0.2) is 54.1 Å². The third kappa shape index (κ3) is 4.75. The van der Waals surface area contributed by atoms with E-state index in [-0.39, 0.29) is 17.7 Å². The lowest BCUT2D eigenvalue weighted by Crippen LogP contribution is -2.13. The maximum Gasteiger partial charge on any atom is 0.348 e. The molecule has 2 aromatic carbocycles. The second-order valence-electron chi connectivity index (χ2n) is 4.95. The molecule has 0 aliphatic rings. The monoisotopic (exact) mass is 338 g/mol. The molecule has 0 heterocycles. The minimum atomic E-state index is -0.693. The standard InChI is InChI=1S/C19H15FN2O3/c1-2-25-19(24)14(12-21)11-13-7-9-15(10-8-13)22-18(23)16-5-3-4-6-17(16)20/h3-11H,2H2,1H3,(H,22,23)/b14-11-. The summed E-state index contributed by atoms with van der Waals surface area (Å²) in [7, 11) is 0. The molecule has 0 aromatic heterocycles. The van der Waals surface area contributed by atoms with Gasteiger partial charge in [0.25, 0.3) is 5.91 Å². The van der Waals surface area contributed by atoms with Gasteiger partial charge in [0, 0.05) is 5.69 Å². The number of rotatable bonds is 5. The van der Waals surface area contributed by atoms with Crippen LogP contribution in [0, 0.1) is 17.1 Å². The van der Waals surface area contributed by atoms with Crippen LogP contribution in [0.3, 0.4) is 0 Å². The van der Waals surface area contributed by atoms with Gasteiger partial charge >= 0.3 is 5.97 Å². The van der Waals surface area contributed by atoms with Gasteiger partial charge < -0.3 is 10.1 Å². The van der Waals surface area contributed by atoms with E-state index in [0.29, 0.717) is 11.3 Å². The number of esters is 1. The van der Waals surface area contributed by atoms with Gasteiger partial charge in [-0.15, -0.1) is 0 Å². The van der Waals surface area contributed by atoms with Gasteiger partial charge in [-0.05, 0) is 42.8 Å². The van der Waals surface area contributed by atoms with Crippen LogP contribution in [0.1, 0.15) is 22.8 Å². The highest BCUT2D eigenvalue weighted by Gasteiger charge is 2.11. The number of carbonyl (C=O) groups excluding carboxylic acids is 2. The van der Waals surface area contributed by atoms with Crippen LogP contribution in [0.5, 0.6) is 0 Å². The van der Waals surface area contributed by atoms with Crippen molar-refractivity contribution in [1.29, 1.82) is 5.26 Å². The summed E-state index contributed by atoms with van der Waals surface area (Å²) >= 11 is 0. The van der Waals surface area contributed by atoms with Gasteiger partial charge in [-0.25, -0.2) is 9.18 Å². The molecule has 0 aliphatic carbocycles. The number of anilines is 1. The van der Waals surface area contributed by atoms with Gasteiger partial charge in [-0.2, -0.15) is 5.26 Å². The number of carbonyl (C=O) groups is 2. The number of nitriles is 1. The molecule has 2 rings (SSSR count). The highest BCUT2D eigenvalue weighted by molar-refractivity contribution is 6.04. The van der Waals surface area contributed by atoms with E-state index in [1.165, 1.54) is 24.3 Å². The van der Waals surface area contributed by atoms with Crippen LogP contribution >= 0.6 is 0 Å². The Morgan fingerprint density at radius 2 is 1.88 bits per heavy atom. The molecule has 0 radical (unpaired) electrons. The fraction of sp³-hybridized carbons (Fsp3) is 0.105. The third-order valence-electron chi connectivity index (χ3n) is 3.21. The van der Waals surface area contributed by atoms with E-state index in [1.54, 1.807) is 43.3 Å². The van der Waals surface area contributed by atoms with Crippen LogP contribution in [0.2, 0.25) is 0 Å². The fourth-order valence-corrected chi connectivity index (χ4v) is 2.02. The fourth-order valence-electron chi connectivity index (χ4n) is 2.02. The molecule has 0 spiro atoms. The maximum absolute atomic E-state index is 13.6. The van der Waals surface area contributed by atoms with E-state index < -0.39 is 17.7 Å². The van der Waals surface area contributed by atoms with Crippen LogP contribution in [0.4, 0.5) is 10.1 Å². The van der Waals surface area contributed by atoms with Crippen molar-refractivity contribution in [2.75, 3.05) is 11.9 Å². The number of nitrogens with one attached hydrogen (secondary N) is 1. The smallest absolute Gasteiger partial charge is 0.348 e. The first kappa shape index (κ1) is 17.9. The zero-order valence-corrected chi connectivity index (χ0v) is 13.5. The molecule has 6 heteroatoms. The Kier molecular flexibility index (Phi) is 6.02. The SMILES string of the molecule is CCOC(=O)/C(C#N)=C\c1ccc(NC(=O)c2ccccc2F)cc1. The number of nitrogens with zero attached hydrogens (tertiary/aromatic N) is 1. The molecule has 0 saturated carbocycles. The minimum absolute atomic E-state index is 0.0550. The number of amides is 1. The van der Waals surface area contributed by atoms with Gasteiger partial charge in [0.05, 0.1) is 12.2 Å². The lowest BCUT2D eigenvalue weighted by molar-refractivity contribution is -0.137. The summed E-state index contributed by atoms with van der Waals surface area (Å²) in [6.07, 6.45) is 1.39. The quantitative estimate of drug-likeness (QED) is 0.514. The largest absolute Gasteiger partial charge is 0.462 e. The molecule has 1 amide bonds. The third-order valence-corrected chi connectivity index (χ3v) is 3.21. The number of ether oxygens (including phenoxy) is 1. The van der Waals surface area contributed by atoms with Crippen molar-refractivity contribution in [3.05, 3.63) is 71.0 Å². The maximum atomic E-state index is 13.6. The van der Waals surface area contributed by atoms with Crippen LogP contribution in [-0.2, 0) is 9.53 Å². The van der Waals surface area contributed by atoms with E-state index in [2.05, 4.69) is 5.32 Å². The second kappa shape index (κ2) is 8.41. The van der Waals surface area contributed by atoms with Gasteiger partial charge in [0.2, 0.25) is 0 Å². The Hall–Kier alpha value is -3.46. The van der Waals surface area contributed by atoms with E-state index in [1.807, 2.05) is 0 Å². The molecule has 5 nitrogen and oxygen atoms in total. The van der Waals surface area contributed by atoms with E-state index in [9.17, 15) is 14.0 Å². The van der Waals surface area contributed by atoms with Crippen molar-refractivity contribution in [2.45, 2.75) is 6.92 Å². The number of hydrogen-bond donors (Lipinski definition) is 1. The van der Waals surface area contributed by atoms with Gasteiger partial charge in [0.15, 0.2) is 0 Å². The summed E-state index contributed by atoms with van der Waals surface area (Å²) in [5, 5.41) is 11.6. The molecule has 0 bridgehead atoms. The van der Waals surface area contributed by atoms with E-state index in [4.69, 9.17) is 10.00 Å². The highest BCUT2D eigenvalue weighted by atomic mass is 19.1. The topological polar surface area (TPSA) is 79.2 Å². The lowest BCUT2D eigenvalue weighted by Gasteiger charge is -2.06. The summed E-state index contributed by atoms with van der Waals surface area (Å²) in [5.74, 6) is -1.86. The Morgan fingerprint density at radius 1 is 1.20 bits per heavy atom. The van der Waals surface area contributed by atoms with E-state index in [0.717, 1.165) is 0 Å². The van der Waals surface area contributed by atoms with Crippen LogP contribution in [-0.4, -0.2) is 18.5 Å². The van der Waals surface area contributed by atoms with Gasteiger partial charge in [-0.3, -0.25) is 4.79 Å². The average molecular weight is 338 g/mol. The highest BCUT2D eigenvalue weighted by Crippen LogP contribution is 2.15. The van der Waals surface area contributed by atoms with Crippen molar-refractivity contribution < 1.29 is 18.7 Å². The summed E-state index contributed by atoms with van der Waals surface area (Å²) in [6, 6.07) is 13.9. The normalized spacial score (nSPS) is 10.7. The molecule has 2 aromatic rings. The van der Waals surface area contributed by atoms with Crippen molar-refractivity contribution >= 4 is 23.6 Å². The first-order chi connectivity index (χ1) is 12.0. The minimum Gasteiger partial charge on any atom is -0.462 e. The molecule has 1 N–H and O–H groups in total. The average Bonchev–Trinajstić information content (AvgIpc) is 2.61. The Balaban J connectivity index is 2.12. The molecule has 0 unspecified atom stereocenters. The van der Waals surface area contributed by atoms with Gasteiger partial charge in [0.1, 0.15) is 17.5 Å².